The van der Waals surface area contributed by atoms with Crippen molar-refractivity contribution < 1.29 is 24.3 Å². The summed E-state index contributed by atoms with van der Waals surface area (Å²) in [6.45, 7) is 3.73. The summed E-state index contributed by atoms with van der Waals surface area (Å²) in [7, 11) is 0. The lowest BCUT2D eigenvalue weighted by atomic mass is 10.1. The Labute approximate surface area is 162 Å². The van der Waals surface area contributed by atoms with Crippen molar-refractivity contribution in [1.82, 2.24) is 16.1 Å². The molecule has 1 aromatic rings. The fraction of sp³-hybridized carbons (Fsp3) is 0.444. The number of nitrogens with one attached hydrogen (secondary N) is 3. The van der Waals surface area contributed by atoms with Crippen LogP contribution in [0, 0.1) is 0 Å². The van der Waals surface area contributed by atoms with Crippen LogP contribution in [-0.2, 0) is 21.0 Å². The van der Waals surface area contributed by atoms with Crippen LogP contribution < -0.4 is 16.1 Å². The summed E-state index contributed by atoms with van der Waals surface area (Å²) in [5, 5.41) is 15.8. The zero-order valence-corrected chi connectivity index (χ0v) is 16.1. The molecule has 1 heterocycles. The van der Waals surface area contributed by atoms with Gasteiger partial charge in [0.15, 0.2) is 0 Å². The van der Waals surface area contributed by atoms with Crippen LogP contribution in [0.2, 0.25) is 0 Å². The Balaban J connectivity index is 1.79. The molecule has 0 aromatic heterocycles. The van der Waals surface area contributed by atoms with E-state index in [0.29, 0.717) is 0 Å². The van der Waals surface area contributed by atoms with Crippen molar-refractivity contribution in [3.8, 4) is 0 Å². The topological polar surface area (TPSA) is 109 Å². The molecule has 1 aliphatic heterocycles. The normalized spacial score (nSPS) is 18.0. The fourth-order valence-electron chi connectivity index (χ4n) is 2.31. The zero-order chi connectivity index (χ0) is 19.6. The fourth-order valence-corrected chi connectivity index (χ4v) is 2.98. The van der Waals surface area contributed by atoms with E-state index in [-0.39, 0.29) is 19.3 Å². The lowest BCUT2D eigenvalue weighted by Crippen LogP contribution is -2.53. The van der Waals surface area contributed by atoms with Crippen LogP contribution in [-0.4, -0.2) is 47.7 Å². The van der Waals surface area contributed by atoms with Gasteiger partial charge in [-0.25, -0.2) is 4.79 Å². The summed E-state index contributed by atoms with van der Waals surface area (Å²) in [5.41, 5.74) is 3.60. The summed E-state index contributed by atoms with van der Waals surface area (Å²) in [4.78, 5) is 29.6. The van der Waals surface area contributed by atoms with Crippen molar-refractivity contribution in [3.05, 3.63) is 47.0 Å². The molecule has 0 saturated carbocycles. The van der Waals surface area contributed by atoms with Crippen molar-refractivity contribution >= 4 is 23.8 Å². The number of thioether (sulfide) groups is 1. The van der Waals surface area contributed by atoms with Gasteiger partial charge < -0.3 is 20.5 Å². The Morgan fingerprint density at radius 2 is 2.11 bits per heavy atom. The molecule has 8 nitrogen and oxygen atoms in total. The highest BCUT2D eigenvalue weighted by molar-refractivity contribution is 8.02. The molecule has 0 radical (unpaired) electrons. The Kier molecular flexibility index (Phi) is 8.43. The molecule has 3 atom stereocenters. The van der Waals surface area contributed by atoms with E-state index in [4.69, 9.17) is 9.57 Å². The summed E-state index contributed by atoms with van der Waals surface area (Å²) in [6.07, 6.45) is -0.311. The van der Waals surface area contributed by atoms with Crippen molar-refractivity contribution in [2.45, 2.75) is 38.7 Å². The number of rotatable bonds is 9. The van der Waals surface area contributed by atoms with Crippen LogP contribution in [0.1, 0.15) is 19.4 Å². The Morgan fingerprint density at radius 1 is 1.37 bits per heavy atom. The summed E-state index contributed by atoms with van der Waals surface area (Å²) < 4.78 is 5.09. The third kappa shape index (κ3) is 7.12. The number of hydroxylamine groups is 1. The minimum atomic E-state index is -1.13. The molecule has 0 spiro atoms. The summed E-state index contributed by atoms with van der Waals surface area (Å²) >= 11 is 1.60. The Morgan fingerprint density at radius 3 is 2.78 bits per heavy atom. The largest absolute Gasteiger partial charge is 0.445 e. The second-order valence-corrected chi connectivity index (χ2v) is 7.20. The lowest BCUT2D eigenvalue weighted by molar-refractivity contribution is -0.126. The summed E-state index contributed by atoms with van der Waals surface area (Å²) in [5.74, 6) is 0.385. The minimum Gasteiger partial charge on any atom is -0.445 e. The molecule has 0 fully saturated rings. The molecule has 2 amide bonds. The highest BCUT2D eigenvalue weighted by Gasteiger charge is 2.27. The maximum absolute atomic E-state index is 12.3. The standard InChI is InChI=1S/C18H25N3O5S/c1-3-27-15-9-14(26-21-15)10-19-17(23)16(12(2)22)20-18(24)25-11-13-7-5-4-6-8-13/h4-9,12,14,16,21-22H,3,10-11H2,1-2H3,(H,19,23)(H,20,24)/t12-,14?,16+/m1/s1. The van der Waals surface area contributed by atoms with Gasteiger partial charge in [-0.3, -0.25) is 15.1 Å². The van der Waals surface area contributed by atoms with Crippen molar-refractivity contribution in [1.29, 1.82) is 0 Å². The molecule has 2 rings (SSSR count). The number of carbonyl (C=O) groups excluding carboxylic acids is 2. The van der Waals surface area contributed by atoms with Crippen LogP contribution in [0.3, 0.4) is 0 Å². The van der Waals surface area contributed by atoms with Gasteiger partial charge in [0.2, 0.25) is 5.91 Å². The molecule has 1 aliphatic rings. The van der Waals surface area contributed by atoms with Gasteiger partial charge in [0.1, 0.15) is 18.8 Å². The van der Waals surface area contributed by atoms with Gasteiger partial charge in [-0.2, -0.15) is 0 Å². The highest BCUT2D eigenvalue weighted by atomic mass is 32.2. The first-order valence-corrected chi connectivity index (χ1v) is 9.67. The number of alkyl carbamates (subject to hydrolysis) is 1. The second kappa shape index (κ2) is 10.8. The quantitative estimate of drug-likeness (QED) is 0.499. The average Bonchev–Trinajstić information content (AvgIpc) is 3.11. The number of ether oxygens (including phenoxy) is 1. The van der Waals surface area contributed by atoms with E-state index >= 15 is 0 Å². The number of benzene rings is 1. The monoisotopic (exact) mass is 395 g/mol. The van der Waals surface area contributed by atoms with Crippen LogP contribution in [0.15, 0.2) is 41.4 Å². The number of aliphatic hydroxyl groups is 1. The Bertz CT molecular complexity index is 654. The maximum atomic E-state index is 12.3. The molecule has 1 aromatic carbocycles. The van der Waals surface area contributed by atoms with Gasteiger partial charge in [-0.1, -0.05) is 37.3 Å². The molecule has 1 unspecified atom stereocenters. The number of carbonyl (C=O) groups is 2. The predicted molar refractivity (Wildman–Crippen MR) is 102 cm³/mol. The SMILES string of the molecule is CCSC1=CC(CNC(=O)[C@@H](NC(=O)OCc2ccccc2)[C@@H](C)O)ON1. The van der Waals surface area contributed by atoms with Gasteiger partial charge in [-0.05, 0) is 24.3 Å². The van der Waals surface area contributed by atoms with Crippen LogP contribution >= 0.6 is 11.8 Å². The van der Waals surface area contributed by atoms with Crippen LogP contribution in [0.4, 0.5) is 4.79 Å². The number of amides is 2. The average molecular weight is 395 g/mol. The molecule has 0 saturated heterocycles. The number of aliphatic hydroxyl groups excluding tert-OH is 1. The molecule has 9 heteroatoms. The first-order chi connectivity index (χ1) is 13.0. The van der Waals surface area contributed by atoms with Crippen molar-refractivity contribution in [3.63, 3.8) is 0 Å². The van der Waals surface area contributed by atoms with Gasteiger partial charge in [0, 0.05) is 0 Å². The van der Waals surface area contributed by atoms with E-state index in [1.807, 2.05) is 43.3 Å². The molecular weight excluding hydrogens is 370 g/mol. The minimum absolute atomic E-state index is 0.0745. The molecule has 0 bridgehead atoms. The molecule has 0 aliphatic carbocycles. The van der Waals surface area contributed by atoms with E-state index in [9.17, 15) is 14.7 Å². The predicted octanol–water partition coefficient (Wildman–Crippen LogP) is 1.28. The third-order valence-corrected chi connectivity index (χ3v) is 4.50. The molecular formula is C18H25N3O5S. The van der Waals surface area contributed by atoms with E-state index < -0.39 is 24.1 Å². The van der Waals surface area contributed by atoms with Crippen molar-refractivity contribution in [2.24, 2.45) is 0 Å². The van der Waals surface area contributed by atoms with E-state index in [1.165, 1.54) is 6.92 Å². The molecule has 27 heavy (non-hydrogen) atoms. The first kappa shape index (κ1) is 21.1. The zero-order valence-electron chi connectivity index (χ0n) is 15.3. The summed E-state index contributed by atoms with van der Waals surface area (Å²) in [6, 6.07) is 8.04. The lowest BCUT2D eigenvalue weighted by Gasteiger charge is -2.21. The highest BCUT2D eigenvalue weighted by Crippen LogP contribution is 2.18. The number of hydrogen-bond donors (Lipinski definition) is 4. The second-order valence-electron chi connectivity index (χ2n) is 5.89. The van der Waals surface area contributed by atoms with E-state index in [1.54, 1.807) is 11.8 Å². The van der Waals surface area contributed by atoms with E-state index in [2.05, 4.69) is 16.1 Å². The van der Waals surface area contributed by atoms with Crippen LogP contribution in [0.25, 0.3) is 0 Å². The smallest absolute Gasteiger partial charge is 0.408 e. The van der Waals surface area contributed by atoms with Gasteiger partial charge in [0.05, 0.1) is 17.7 Å². The maximum Gasteiger partial charge on any atom is 0.408 e. The number of hydrogen-bond acceptors (Lipinski definition) is 7. The molecule has 148 valence electrons. The third-order valence-electron chi connectivity index (χ3n) is 3.68. The van der Waals surface area contributed by atoms with Crippen LogP contribution in [0.5, 0.6) is 0 Å². The first-order valence-electron chi connectivity index (χ1n) is 8.69. The van der Waals surface area contributed by atoms with Crippen molar-refractivity contribution in [2.75, 3.05) is 12.3 Å². The van der Waals surface area contributed by atoms with E-state index in [0.717, 1.165) is 16.3 Å². The van der Waals surface area contributed by atoms with Gasteiger partial charge in [0.25, 0.3) is 0 Å². The Hall–Kier alpha value is -2.23. The van der Waals surface area contributed by atoms with Gasteiger partial charge >= 0.3 is 6.09 Å². The molecule has 4 N–H and O–H groups in total. The van der Waals surface area contributed by atoms with Gasteiger partial charge in [-0.15, -0.1) is 11.8 Å².